The molecule has 5 heteroatoms. The molecule has 158 valence electrons. The first-order valence-corrected chi connectivity index (χ1v) is 10.6. The Labute approximate surface area is 182 Å². The Morgan fingerprint density at radius 1 is 1.00 bits per heavy atom. The van der Waals surface area contributed by atoms with Crippen LogP contribution in [0.15, 0.2) is 60.7 Å². The topological polar surface area (TPSA) is 69.6 Å². The normalized spacial score (nSPS) is 13.6. The van der Waals surface area contributed by atoms with Crippen molar-refractivity contribution < 1.29 is 14.7 Å². The second-order valence-electron chi connectivity index (χ2n) is 7.94. The van der Waals surface area contributed by atoms with Gasteiger partial charge in [-0.2, -0.15) is 0 Å². The lowest BCUT2D eigenvalue weighted by atomic mass is 9.98. The predicted molar refractivity (Wildman–Crippen MR) is 124 cm³/mol. The maximum atomic E-state index is 13.0. The maximum absolute atomic E-state index is 13.0. The van der Waals surface area contributed by atoms with Crippen molar-refractivity contribution >= 4 is 23.6 Å². The van der Waals surface area contributed by atoms with Crippen molar-refractivity contribution in [3.05, 3.63) is 77.4 Å². The van der Waals surface area contributed by atoms with E-state index in [-0.39, 0.29) is 11.3 Å². The molecule has 1 heterocycles. The lowest BCUT2D eigenvalue weighted by Crippen LogP contribution is -2.29. The summed E-state index contributed by atoms with van der Waals surface area (Å²) in [6, 6.07) is 18.5. The van der Waals surface area contributed by atoms with Crippen LogP contribution in [0.5, 0.6) is 5.75 Å². The Morgan fingerprint density at radius 3 is 2.52 bits per heavy atom. The Hall–Kier alpha value is -3.60. The van der Waals surface area contributed by atoms with Crippen molar-refractivity contribution in [1.29, 1.82) is 0 Å². The zero-order valence-corrected chi connectivity index (χ0v) is 17.6. The molecular formula is C26H26N2O3. The second-order valence-corrected chi connectivity index (χ2v) is 7.94. The number of hydrogen-bond donors (Lipinski definition) is 2. The molecule has 0 saturated carbocycles. The number of nitrogens with one attached hydrogen (secondary N) is 1. The Balaban J connectivity index is 1.64. The molecule has 0 aliphatic carbocycles. The highest BCUT2D eigenvalue weighted by Gasteiger charge is 2.18. The van der Waals surface area contributed by atoms with Gasteiger partial charge in [0.15, 0.2) is 6.29 Å². The van der Waals surface area contributed by atoms with Gasteiger partial charge in [0, 0.05) is 24.3 Å². The van der Waals surface area contributed by atoms with Crippen molar-refractivity contribution in [2.24, 2.45) is 0 Å². The molecule has 0 unspecified atom stereocenters. The number of aryl methyl sites for hydroxylation is 1. The lowest BCUT2D eigenvalue weighted by molar-refractivity contribution is 0.102. The molecule has 0 bridgehead atoms. The third-order valence-corrected chi connectivity index (χ3v) is 5.83. The minimum Gasteiger partial charge on any atom is -0.507 e. The fourth-order valence-electron chi connectivity index (χ4n) is 4.08. The number of phenols is 1. The molecule has 5 nitrogen and oxygen atoms in total. The van der Waals surface area contributed by atoms with Gasteiger partial charge in [-0.05, 0) is 73.2 Å². The van der Waals surface area contributed by atoms with Crippen molar-refractivity contribution in [1.82, 2.24) is 0 Å². The van der Waals surface area contributed by atoms with Crippen LogP contribution in [0.3, 0.4) is 0 Å². The monoisotopic (exact) mass is 414 g/mol. The van der Waals surface area contributed by atoms with Gasteiger partial charge < -0.3 is 15.3 Å². The van der Waals surface area contributed by atoms with Crippen LogP contribution in [-0.4, -0.2) is 30.4 Å². The van der Waals surface area contributed by atoms with E-state index in [4.69, 9.17) is 0 Å². The van der Waals surface area contributed by atoms with Gasteiger partial charge in [-0.15, -0.1) is 0 Å². The van der Waals surface area contributed by atoms with Crippen molar-refractivity contribution in [2.75, 3.05) is 23.3 Å². The minimum absolute atomic E-state index is 0.0824. The van der Waals surface area contributed by atoms with Gasteiger partial charge >= 0.3 is 0 Å². The summed E-state index contributed by atoms with van der Waals surface area (Å²) in [5, 5.41) is 13.2. The van der Waals surface area contributed by atoms with Gasteiger partial charge in [0.1, 0.15) is 5.75 Å². The molecule has 1 fully saturated rings. The Kier molecular flexibility index (Phi) is 6.03. The van der Waals surface area contributed by atoms with Crippen molar-refractivity contribution in [3.8, 4) is 16.9 Å². The summed E-state index contributed by atoms with van der Waals surface area (Å²) in [6.45, 7) is 3.91. The van der Waals surface area contributed by atoms with E-state index < -0.39 is 5.91 Å². The van der Waals surface area contributed by atoms with Crippen LogP contribution < -0.4 is 10.2 Å². The van der Waals surface area contributed by atoms with Crippen LogP contribution in [-0.2, 0) is 0 Å². The fraction of sp³-hybridized carbons (Fsp3) is 0.231. The molecule has 2 N–H and O–H groups in total. The molecular weight excluding hydrogens is 388 g/mol. The van der Waals surface area contributed by atoms with E-state index in [2.05, 4.69) is 10.2 Å². The molecule has 3 aromatic carbocycles. The summed E-state index contributed by atoms with van der Waals surface area (Å²) in [7, 11) is 0. The Bertz CT molecular complexity index is 1120. The number of benzene rings is 3. The molecule has 1 amide bonds. The summed E-state index contributed by atoms with van der Waals surface area (Å²) >= 11 is 0. The molecule has 0 spiro atoms. The molecule has 1 saturated heterocycles. The molecule has 31 heavy (non-hydrogen) atoms. The molecule has 0 radical (unpaired) electrons. The highest BCUT2D eigenvalue weighted by molar-refractivity contribution is 6.08. The average molecular weight is 415 g/mol. The largest absolute Gasteiger partial charge is 0.507 e. The van der Waals surface area contributed by atoms with E-state index in [9.17, 15) is 14.7 Å². The first kappa shape index (κ1) is 20.7. The number of carbonyl (C=O) groups excluding carboxylic acids is 2. The summed E-state index contributed by atoms with van der Waals surface area (Å²) < 4.78 is 0. The number of piperidine rings is 1. The van der Waals surface area contributed by atoms with Gasteiger partial charge in [-0.3, -0.25) is 9.59 Å². The van der Waals surface area contributed by atoms with Gasteiger partial charge in [0.2, 0.25) is 0 Å². The molecule has 3 aromatic rings. The van der Waals surface area contributed by atoms with Crippen LogP contribution in [0.2, 0.25) is 0 Å². The van der Waals surface area contributed by atoms with Gasteiger partial charge in [-0.1, -0.05) is 30.3 Å². The second kappa shape index (κ2) is 9.04. The van der Waals surface area contributed by atoms with E-state index in [1.165, 1.54) is 6.42 Å². The highest BCUT2D eigenvalue weighted by Crippen LogP contribution is 2.30. The summed E-state index contributed by atoms with van der Waals surface area (Å²) in [4.78, 5) is 26.9. The summed E-state index contributed by atoms with van der Waals surface area (Å²) in [6.07, 6.45) is 4.18. The zero-order valence-electron chi connectivity index (χ0n) is 17.6. The number of phenolic OH excluding ortho intramolecular Hbond substituents is 1. The smallest absolute Gasteiger partial charge is 0.259 e. The van der Waals surface area contributed by atoms with Gasteiger partial charge in [-0.25, -0.2) is 0 Å². The SMILES string of the molecule is Cc1ccccc1-c1ccc(C=O)c(NC(=O)c2cc(N3CCCCC3)ccc2O)c1. The number of aldehydes is 1. The molecule has 0 aromatic heterocycles. The predicted octanol–water partition coefficient (Wildman–Crippen LogP) is 5.42. The Morgan fingerprint density at radius 2 is 1.77 bits per heavy atom. The third-order valence-electron chi connectivity index (χ3n) is 5.83. The number of carbonyl (C=O) groups is 2. The van der Waals surface area contributed by atoms with Gasteiger partial charge in [0.25, 0.3) is 5.91 Å². The highest BCUT2D eigenvalue weighted by atomic mass is 16.3. The molecule has 1 aliphatic heterocycles. The number of amides is 1. The van der Waals surface area contributed by atoms with Crippen molar-refractivity contribution in [2.45, 2.75) is 26.2 Å². The van der Waals surface area contributed by atoms with Crippen LogP contribution in [0.25, 0.3) is 11.1 Å². The molecule has 0 atom stereocenters. The van der Waals surface area contributed by atoms with E-state index >= 15 is 0 Å². The first-order valence-electron chi connectivity index (χ1n) is 10.6. The van der Waals surface area contributed by atoms with Gasteiger partial charge in [0.05, 0.1) is 11.3 Å². The lowest BCUT2D eigenvalue weighted by Gasteiger charge is -2.29. The summed E-state index contributed by atoms with van der Waals surface area (Å²) in [5.74, 6) is -0.526. The number of aromatic hydroxyl groups is 1. The number of hydrogen-bond acceptors (Lipinski definition) is 4. The quantitative estimate of drug-likeness (QED) is 0.547. The number of nitrogens with zero attached hydrogens (tertiary/aromatic N) is 1. The molecule has 1 aliphatic rings. The minimum atomic E-state index is -0.443. The van der Waals surface area contributed by atoms with E-state index in [0.717, 1.165) is 54.6 Å². The maximum Gasteiger partial charge on any atom is 0.259 e. The van der Waals surface area contributed by atoms with E-state index in [1.807, 2.05) is 43.3 Å². The van der Waals surface area contributed by atoms with Crippen LogP contribution in [0, 0.1) is 6.92 Å². The number of anilines is 2. The van der Waals surface area contributed by atoms with Crippen molar-refractivity contribution in [3.63, 3.8) is 0 Å². The average Bonchev–Trinajstić information content (AvgIpc) is 2.80. The van der Waals surface area contributed by atoms with Crippen LogP contribution in [0.4, 0.5) is 11.4 Å². The number of rotatable bonds is 5. The van der Waals surface area contributed by atoms with Crippen LogP contribution in [0.1, 0.15) is 45.5 Å². The third kappa shape index (κ3) is 4.45. The van der Waals surface area contributed by atoms with Crippen LogP contribution >= 0.6 is 0 Å². The standard InChI is InChI=1S/C26H26N2O3/c1-18-7-3-4-8-22(18)19-9-10-20(17-29)24(15-19)27-26(31)23-16-21(11-12-25(23)30)28-13-5-2-6-14-28/h3-4,7-12,15-17,30H,2,5-6,13-14H2,1H3,(H,27,31). The van der Waals surface area contributed by atoms with E-state index in [0.29, 0.717) is 11.3 Å². The first-order chi connectivity index (χ1) is 15.1. The summed E-state index contributed by atoms with van der Waals surface area (Å²) in [5.41, 5.74) is 4.97. The molecule has 4 rings (SSSR count). The zero-order chi connectivity index (χ0) is 21.8. The fourth-order valence-corrected chi connectivity index (χ4v) is 4.08. The van der Waals surface area contributed by atoms with E-state index in [1.54, 1.807) is 24.3 Å².